The number of benzene rings is 2. The van der Waals surface area contributed by atoms with Crippen LogP contribution in [0.1, 0.15) is 24.4 Å². The first-order valence-corrected chi connectivity index (χ1v) is 12.3. The fourth-order valence-corrected chi connectivity index (χ4v) is 5.10. The summed E-state index contributed by atoms with van der Waals surface area (Å²) in [4.78, 5) is 14.7. The van der Waals surface area contributed by atoms with E-state index in [-0.39, 0.29) is 22.4 Å². The van der Waals surface area contributed by atoms with Gasteiger partial charge in [0.1, 0.15) is 34.2 Å². The van der Waals surface area contributed by atoms with E-state index in [2.05, 4.69) is 31.3 Å². The highest BCUT2D eigenvalue weighted by Crippen LogP contribution is 2.34. The lowest BCUT2D eigenvalue weighted by Gasteiger charge is -2.17. The van der Waals surface area contributed by atoms with E-state index in [0.29, 0.717) is 16.9 Å². The summed E-state index contributed by atoms with van der Waals surface area (Å²) >= 11 is 0. The van der Waals surface area contributed by atoms with Crippen LogP contribution in [0.4, 0.5) is 5.82 Å². The van der Waals surface area contributed by atoms with Crippen LogP contribution in [-0.2, 0) is 10.1 Å². The summed E-state index contributed by atoms with van der Waals surface area (Å²) < 4.78 is 31.5. The molecule has 3 heterocycles. The van der Waals surface area contributed by atoms with Gasteiger partial charge in [0.05, 0.1) is 11.4 Å². The minimum Gasteiger partial charge on any atom is -0.508 e. The zero-order valence-corrected chi connectivity index (χ0v) is 19.8. The number of aromatic amines is 2. The molecule has 0 unspecified atom stereocenters. The van der Waals surface area contributed by atoms with Crippen molar-refractivity contribution < 1.29 is 17.7 Å². The van der Waals surface area contributed by atoms with Crippen LogP contribution in [0.2, 0.25) is 0 Å². The maximum atomic E-state index is 13.1. The summed E-state index contributed by atoms with van der Waals surface area (Å²) in [5.41, 5.74) is 4.42. The lowest BCUT2D eigenvalue weighted by Crippen LogP contribution is -2.12. The first kappa shape index (κ1) is 22.5. The molecular weight excluding hydrogens is 466 g/mol. The molecule has 35 heavy (non-hydrogen) atoms. The number of phenols is 1. The van der Waals surface area contributed by atoms with Gasteiger partial charge in [-0.1, -0.05) is 30.3 Å². The first-order chi connectivity index (χ1) is 16.8. The molecule has 0 aliphatic carbocycles. The van der Waals surface area contributed by atoms with Crippen molar-refractivity contribution in [2.24, 2.45) is 0 Å². The largest absolute Gasteiger partial charge is 0.508 e. The molecule has 0 aliphatic rings. The van der Waals surface area contributed by atoms with Crippen molar-refractivity contribution in [1.82, 2.24) is 19.9 Å². The highest BCUT2D eigenvalue weighted by Gasteiger charge is 2.26. The third-order valence-electron chi connectivity index (χ3n) is 5.60. The number of hydrogen-bond acceptors (Lipinski definition) is 7. The van der Waals surface area contributed by atoms with Crippen molar-refractivity contribution in [3.8, 4) is 22.6 Å². The molecule has 5 aromatic rings. The number of nitrogens with one attached hydrogen (secondary N) is 3. The Morgan fingerprint density at radius 3 is 2.54 bits per heavy atom. The van der Waals surface area contributed by atoms with Crippen molar-refractivity contribution in [3.63, 3.8) is 0 Å². The van der Waals surface area contributed by atoms with E-state index in [1.807, 2.05) is 44.2 Å². The first-order valence-electron chi connectivity index (χ1n) is 10.9. The Kier molecular flexibility index (Phi) is 5.65. The summed E-state index contributed by atoms with van der Waals surface area (Å²) in [5, 5.41) is 13.1. The van der Waals surface area contributed by atoms with Crippen LogP contribution >= 0.6 is 0 Å². The molecule has 10 heteroatoms. The van der Waals surface area contributed by atoms with Gasteiger partial charge in [-0.15, -0.1) is 0 Å². The molecule has 0 saturated heterocycles. The lowest BCUT2D eigenvalue weighted by molar-refractivity contribution is 0.469. The second kappa shape index (κ2) is 8.80. The van der Waals surface area contributed by atoms with Gasteiger partial charge in [-0.25, -0.2) is 9.97 Å². The molecule has 0 saturated carbocycles. The number of fused-ring (bicyclic) bond motifs is 1. The number of nitrogens with zero attached hydrogens (tertiary/aromatic N) is 2. The Morgan fingerprint density at radius 1 is 1.06 bits per heavy atom. The molecular formula is C25H23N5O4S. The molecule has 0 fully saturated rings. The van der Waals surface area contributed by atoms with E-state index in [9.17, 15) is 13.5 Å². The number of aromatic hydroxyl groups is 1. The minimum absolute atomic E-state index is 0.00476. The van der Waals surface area contributed by atoms with Gasteiger partial charge in [-0.2, -0.15) is 8.42 Å². The minimum atomic E-state index is -4.22. The Labute approximate surface area is 202 Å². The van der Waals surface area contributed by atoms with Gasteiger partial charge in [0.25, 0.3) is 0 Å². The SMILES string of the molecule is Cc1cc(-c2ccccc2)c([C@H](C)Nc2ncnc3[nH]cc(S(=O)(=O)Oc4ccc(O)cc4)c23)[nH]1. The van der Waals surface area contributed by atoms with E-state index in [1.165, 1.54) is 36.8 Å². The second-order valence-corrected chi connectivity index (χ2v) is 9.66. The zero-order valence-electron chi connectivity index (χ0n) is 19.0. The summed E-state index contributed by atoms with van der Waals surface area (Å²) in [5.74, 6) is 0.430. The molecule has 0 bridgehead atoms. The van der Waals surface area contributed by atoms with Gasteiger partial charge in [-0.3, -0.25) is 0 Å². The van der Waals surface area contributed by atoms with Gasteiger partial charge in [0, 0.05) is 23.1 Å². The summed E-state index contributed by atoms with van der Waals surface area (Å²) in [7, 11) is -4.22. The number of rotatable bonds is 7. The van der Waals surface area contributed by atoms with Crippen LogP contribution in [-0.4, -0.2) is 33.5 Å². The molecule has 0 amide bonds. The maximum Gasteiger partial charge on any atom is 0.341 e. The highest BCUT2D eigenvalue weighted by molar-refractivity contribution is 7.87. The predicted molar refractivity (Wildman–Crippen MR) is 133 cm³/mol. The molecule has 5 rings (SSSR count). The van der Waals surface area contributed by atoms with Crippen LogP contribution in [0.3, 0.4) is 0 Å². The van der Waals surface area contributed by atoms with Crippen molar-refractivity contribution >= 4 is 27.0 Å². The Bertz CT molecular complexity index is 1590. The molecule has 3 aromatic heterocycles. The van der Waals surface area contributed by atoms with E-state index >= 15 is 0 Å². The van der Waals surface area contributed by atoms with Crippen LogP contribution in [0.15, 0.2) is 78.1 Å². The van der Waals surface area contributed by atoms with E-state index in [1.54, 1.807) is 0 Å². The molecule has 0 spiro atoms. The summed E-state index contributed by atoms with van der Waals surface area (Å²) in [6.45, 7) is 3.96. The van der Waals surface area contributed by atoms with Gasteiger partial charge in [0.2, 0.25) is 0 Å². The fourth-order valence-electron chi connectivity index (χ4n) is 4.00. The Hall–Kier alpha value is -4.31. The van der Waals surface area contributed by atoms with E-state index in [4.69, 9.17) is 4.18 Å². The molecule has 0 aliphatic heterocycles. The van der Waals surface area contributed by atoms with Gasteiger partial charge >= 0.3 is 10.1 Å². The second-order valence-electron chi connectivity index (χ2n) is 8.14. The van der Waals surface area contributed by atoms with E-state index < -0.39 is 10.1 Å². The van der Waals surface area contributed by atoms with E-state index in [0.717, 1.165) is 22.5 Å². The third-order valence-corrected chi connectivity index (χ3v) is 6.87. The number of aryl methyl sites for hydroxylation is 1. The molecule has 2 aromatic carbocycles. The van der Waals surface area contributed by atoms with Crippen molar-refractivity contribution in [3.05, 3.63) is 84.6 Å². The third kappa shape index (κ3) is 4.43. The fraction of sp³-hybridized carbons (Fsp3) is 0.120. The van der Waals surface area contributed by atoms with Crippen molar-refractivity contribution in [2.75, 3.05) is 5.32 Å². The van der Waals surface area contributed by atoms with Crippen LogP contribution < -0.4 is 9.50 Å². The lowest BCUT2D eigenvalue weighted by atomic mass is 10.0. The molecule has 9 nitrogen and oxygen atoms in total. The van der Waals surface area contributed by atoms with Gasteiger partial charge in [0.15, 0.2) is 0 Å². The quantitative estimate of drug-likeness (QED) is 0.239. The number of H-pyrrole nitrogens is 2. The Balaban J connectivity index is 1.51. The number of aromatic nitrogens is 4. The molecule has 1 atom stereocenters. The monoisotopic (exact) mass is 489 g/mol. The van der Waals surface area contributed by atoms with Crippen molar-refractivity contribution in [1.29, 1.82) is 0 Å². The molecule has 0 radical (unpaired) electrons. The van der Waals surface area contributed by atoms with Crippen molar-refractivity contribution in [2.45, 2.75) is 24.8 Å². The average Bonchev–Trinajstić information content (AvgIpc) is 3.46. The highest BCUT2D eigenvalue weighted by atomic mass is 32.2. The summed E-state index contributed by atoms with van der Waals surface area (Å²) in [6, 6.07) is 17.3. The molecule has 178 valence electrons. The van der Waals surface area contributed by atoms with Crippen LogP contribution in [0.25, 0.3) is 22.2 Å². The Morgan fingerprint density at radius 2 is 1.80 bits per heavy atom. The topological polar surface area (TPSA) is 133 Å². The van der Waals surface area contributed by atoms with Gasteiger partial charge < -0.3 is 24.6 Å². The smallest absolute Gasteiger partial charge is 0.341 e. The number of hydrogen-bond donors (Lipinski definition) is 4. The summed E-state index contributed by atoms with van der Waals surface area (Å²) in [6.07, 6.45) is 2.70. The average molecular weight is 490 g/mol. The predicted octanol–water partition coefficient (Wildman–Crippen LogP) is 4.91. The normalized spacial score (nSPS) is 12.5. The number of anilines is 1. The van der Waals surface area contributed by atoms with Gasteiger partial charge in [-0.05, 0) is 49.7 Å². The molecule has 4 N–H and O–H groups in total. The zero-order chi connectivity index (χ0) is 24.6. The number of phenolic OH excluding ortho intramolecular Hbond substituents is 1. The van der Waals surface area contributed by atoms with Crippen LogP contribution in [0.5, 0.6) is 11.5 Å². The van der Waals surface area contributed by atoms with Crippen LogP contribution in [0, 0.1) is 6.92 Å². The maximum absolute atomic E-state index is 13.1. The standard InChI is InChI=1S/C25H23N5O4S/c1-15-12-20(17-6-4-3-5-7-17)23(29-15)16(2)30-25-22-21(13-26-24(22)27-14-28-25)35(32,33)34-19-10-8-18(31)9-11-19/h3-14,16,29,31H,1-2H3,(H2,26,27,28,30)/t16-/m0/s1.